The number of alkyl halides is 3. The van der Waals surface area contributed by atoms with Crippen LogP contribution in [0.5, 0.6) is 0 Å². The molecule has 1 aliphatic heterocycles. The van der Waals surface area contributed by atoms with Crippen LogP contribution in [-0.4, -0.2) is 65.3 Å². The Kier molecular flexibility index (Phi) is 7.03. The SMILES string of the molecule is Cc1ncc(-c2cc3c(C(=O)C(F)(F)F)cn(CC(=O)N4[C@H](C(=O)Nc5nc(Br)ccc5C)C[C@@]5(C)C#C[C@@H]45)c3cn2)cn1. The second kappa shape index (κ2) is 10.5. The number of carbonyl (C=O) groups is 3. The Balaban J connectivity index is 1.35. The number of rotatable bonds is 6. The van der Waals surface area contributed by atoms with E-state index >= 15 is 0 Å². The van der Waals surface area contributed by atoms with Crippen molar-refractivity contribution in [2.24, 2.45) is 5.41 Å². The van der Waals surface area contributed by atoms with Crippen LogP contribution in [0.1, 0.15) is 35.1 Å². The maximum Gasteiger partial charge on any atom is 0.454 e. The quantitative estimate of drug-likeness (QED) is 0.181. The monoisotopic (exact) mass is 665 g/mol. The lowest BCUT2D eigenvalue weighted by Crippen LogP contribution is -2.50. The number of aromatic nitrogens is 5. The van der Waals surface area contributed by atoms with Gasteiger partial charge < -0.3 is 14.8 Å². The standard InChI is InChI=1S/C30H23BrF3N7O3/c1-15-4-5-24(31)38-27(15)39-28(44)21-9-29(3)7-6-23(29)41(21)25(42)14-40-13-19(26(43)30(32,33)34)18-8-20(37-12-22(18)40)17-10-35-16(2)36-11-17/h4-5,8,10-13,21,23H,9,14H2,1-3H3,(H,38,39,44)/t21-,23+,29+/m0/s1. The number of fused-ring (bicyclic) bond motifs is 2. The van der Waals surface area contributed by atoms with Gasteiger partial charge in [0.25, 0.3) is 5.78 Å². The zero-order valence-electron chi connectivity index (χ0n) is 23.5. The summed E-state index contributed by atoms with van der Waals surface area (Å²) in [4.78, 5) is 58.1. The van der Waals surface area contributed by atoms with Crippen LogP contribution < -0.4 is 5.32 Å². The van der Waals surface area contributed by atoms with Crippen molar-refractivity contribution in [1.82, 2.24) is 29.4 Å². The van der Waals surface area contributed by atoms with E-state index in [-0.39, 0.29) is 23.0 Å². The zero-order chi connectivity index (χ0) is 31.6. The van der Waals surface area contributed by atoms with Gasteiger partial charge in [-0.05, 0) is 60.8 Å². The summed E-state index contributed by atoms with van der Waals surface area (Å²) in [6.07, 6.45) is 0.364. The minimum Gasteiger partial charge on any atom is -0.336 e. The van der Waals surface area contributed by atoms with Gasteiger partial charge in [0, 0.05) is 29.5 Å². The smallest absolute Gasteiger partial charge is 0.336 e. The highest BCUT2D eigenvalue weighted by Gasteiger charge is 2.56. The van der Waals surface area contributed by atoms with E-state index in [1.165, 1.54) is 34.1 Å². The maximum absolute atomic E-state index is 13.9. The van der Waals surface area contributed by atoms with Crippen LogP contribution >= 0.6 is 15.9 Å². The fourth-order valence-corrected chi connectivity index (χ4v) is 5.84. The molecule has 4 aromatic heterocycles. The Morgan fingerprint density at radius 3 is 2.52 bits per heavy atom. The van der Waals surface area contributed by atoms with Crippen LogP contribution in [0.15, 0.2) is 47.6 Å². The largest absolute Gasteiger partial charge is 0.454 e. The van der Waals surface area contributed by atoms with E-state index in [0.29, 0.717) is 27.4 Å². The van der Waals surface area contributed by atoms with Gasteiger partial charge in [0.1, 0.15) is 34.9 Å². The molecule has 10 nitrogen and oxygen atoms in total. The Hall–Kier alpha value is -4.64. The highest BCUT2D eigenvalue weighted by atomic mass is 79.9. The molecule has 44 heavy (non-hydrogen) atoms. The van der Waals surface area contributed by atoms with Gasteiger partial charge in [-0.15, -0.1) is 0 Å². The molecule has 0 bridgehead atoms. The zero-order valence-corrected chi connectivity index (χ0v) is 25.1. The number of ketones is 1. The number of Topliss-reactive ketones (excluding diaryl/α,β-unsaturated/α-hetero) is 1. The van der Waals surface area contributed by atoms with Gasteiger partial charge in [0.2, 0.25) is 11.8 Å². The third-order valence-electron chi connectivity index (χ3n) is 7.88. The summed E-state index contributed by atoms with van der Waals surface area (Å²) in [6.45, 7) is 4.86. The topological polar surface area (TPSA) is 123 Å². The molecule has 0 unspecified atom stereocenters. The molecule has 1 N–H and O–H groups in total. The molecule has 0 radical (unpaired) electrons. The lowest BCUT2D eigenvalue weighted by atomic mass is 9.76. The Bertz CT molecular complexity index is 1930. The molecule has 3 atom stereocenters. The van der Waals surface area contributed by atoms with E-state index in [2.05, 4.69) is 53.0 Å². The number of halogens is 4. The van der Waals surface area contributed by atoms with E-state index in [1.54, 1.807) is 26.0 Å². The summed E-state index contributed by atoms with van der Waals surface area (Å²) in [5, 5.41) is 2.76. The molecule has 0 spiro atoms. The molecule has 0 aromatic carbocycles. The van der Waals surface area contributed by atoms with Gasteiger partial charge >= 0.3 is 6.18 Å². The Morgan fingerprint density at radius 2 is 1.86 bits per heavy atom. The summed E-state index contributed by atoms with van der Waals surface area (Å²) < 4.78 is 42.6. The molecular formula is C30H23BrF3N7O3. The summed E-state index contributed by atoms with van der Waals surface area (Å²) in [7, 11) is 0. The number of carbonyl (C=O) groups excluding carboxylic acids is 3. The first-order chi connectivity index (χ1) is 20.7. The van der Waals surface area contributed by atoms with Crippen LogP contribution in [0, 0.1) is 31.1 Å². The predicted molar refractivity (Wildman–Crippen MR) is 156 cm³/mol. The van der Waals surface area contributed by atoms with Crippen molar-refractivity contribution >= 4 is 50.2 Å². The van der Waals surface area contributed by atoms with E-state index in [0.717, 1.165) is 6.20 Å². The Morgan fingerprint density at radius 1 is 1.14 bits per heavy atom. The molecule has 2 aliphatic rings. The molecule has 1 aliphatic carbocycles. The number of aryl methyl sites for hydroxylation is 2. The van der Waals surface area contributed by atoms with Crippen LogP contribution in [0.3, 0.4) is 0 Å². The van der Waals surface area contributed by atoms with E-state index in [4.69, 9.17) is 0 Å². The molecule has 14 heteroatoms. The number of amides is 2. The van der Waals surface area contributed by atoms with Crippen LogP contribution in [-0.2, 0) is 16.1 Å². The normalized spacial score (nSPS) is 20.5. The van der Waals surface area contributed by atoms with Crippen LogP contribution in [0.4, 0.5) is 19.0 Å². The average Bonchev–Trinajstić information content (AvgIpc) is 3.41. The summed E-state index contributed by atoms with van der Waals surface area (Å²) in [5.74, 6) is 3.76. The van der Waals surface area contributed by atoms with Crippen molar-refractivity contribution in [3.8, 4) is 23.1 Å². The predicted octanol–water partition coefficient (Wildman–Crippen LogP) is 4.64. The molecule has 4 aromatic rings. The molecule has 6 rings (SSSR count). The number of hydrogen-bond acceptors (Lipinski definition) is 7. The summed E-state index contributed by atoms with van der Waals surface area (Å²) >= 11 is 3.29. The van der Waals surface area contributed by atoms with E-state index in [9.17, 15) is 27.6 Å². The molecule has 1 saturated heterocycles. The third kappa shape index (κ3) is 5.11. The van der Waals surface area contributed by atoms with E-state index in [1.807, 2.05) is 6.92 Å². The second-order valence-corrected chi connectivity index (χ2v) is 11.8. The number of nitrogens with zero attached hydrogens (tertiary/aromatic N) is 6. The minimum atomic E-state index is -5.15. The molecular weight excluding hydrogens is 643 g/mol. The van der Waals surface area contributed by atoms with Crippen molar-refractivity contribution in [2.45, 2.75) is 52.0 Å². The first kappa shape index (κ1) is 29.4. The maximum atomic E-state index is 13.9. The highest BCUT2D eigenvalue weighted by Crippen LogP contribution is 2.45. The number of likely N-dealkylation sites (tertiary alicyclic amines) is 1. The lowest BCUT2D eigenvalue weighted by Gasteiger charge is -2.34. The number of anilines is 1. The highest BCUT2D eigenvalue weighted by molar-refractivity contribution is 9.10. The molecule has 0 saturated carbocycles. The average molecular weight is 666 g/mol. The van der Waals surface area contributed by atoms with Gasteiger partial charge in [-0.1, -0.05) is 17.9 Å². The van der Waals surface area contributed by atoms with Crippen molar-refractivity contribution < 1.29 is 27.6 Å². The van der Waals surface area contributed by atoms with Crippen molar-refractivity contribution in [2.75, 3.05) is 5.32 Å². The van der Waals surface area contributed by atoms with Gasteiger partial charge in [0.15, 0.2) is 0 Å². The second-order valence-electron chi connectivity index (χ2n) is 11.0. The van der Waals surface area contributed by atoms with Gasteiger partial charge in [-0.3, -0.25) is 19.4 Å². The molecule has 2 amide bonds. The van der Waals surface area contributed by atoms with E-state index < -0.39 is 53.4 Å². The number of pyridine rings is 2. The first-order valence-electron chi connectivity index (χ1n) is 13.4. The Labute approximate surface area is 257 Å². The third-order valence-corrected chi connectivity index (χ3v) is 8.32. The first-order valence-corrected chi connectivity index (χ1v) is 14.2. The number of nitrogens with one attached hydrogen (secondary N) is 1. The summed E-state index contributed by atoms with van der Waals surface area (Å²) in [5.41, 5.74) is 0.297. The van der Waals surface area contributed by atoms with Crippen molar-refractivity contribution in [3.05, 3.63) is 64.5 Å². The minimum absolute atomic E-state index is 0.0362. The van der Waals surface area contributed by atoms with Crippen molar-refractivity contribution in [1.29, 1.82) is 0 Å². The van der Waals surface area contributed by atoms with Crippen molar-refractivity contribution in [3.63, 3.8) is 0 Å². The fraction of sp³-hybridized carbons (Fsp3) is 0.300. The fourth-order valence-electron chi connectivity index (χ4n) is 5.53. The lowest BCUT2D eigenvalue weighted by molar-refractivity contribution is -0.138. The van der Waals surface area contributed by atoms with Crippen LogP contribution in [0.2, 0.25) is 0 Å². The molecule has 1 fully saturated rings. The van der Waals surface area contributed by atoms with Gasteiger partial charge in [0.05, 0.1) is 28.4 Å². The number of hydrogen-bond donors (Lipinski definition) is 1. The summed E-state index contributed by atoms with van der Waals surface area (Å²) in [6, 6.07) is 3.37. The molecule has 224 valence electrons. The van der Waals surface area contributed by atoms with Crippen LogP contribution in [0.25, 0.3) is 22.2 Å². The van der Waals surface area contributed by atoms with Gasteiger partial charge in [-0.2, -0.15) is 13.2 Å². The molecule has 5 heterocycles. The van der Waals surface area contributed by atoms with Gasteiger partial charge in [-0.25, -0.2) is 15.0 Å².